The van der Waals surface area contributed by atoms with Gasteiger partial charge in [-0.1, -0.05) is 43.3 Å². The molecule has 3 unspecified atom stereocenters. The van der Waals surface area contributed by atoms with Crippen LogP contribution in [0.3, 0.4) is 0 Å². The number of nitrogens with zero attached hydrogens (tertiary/aromatic N) is 3. The number of carbonyl (C=O) groups excluding carboxylic acids is 2. The van der Waals surface area contributed by atoms with E-state index in [1.807, 2.05) is 37.3 Å². The number of aliphatic hydroxyl groups is 1. The van der Waals surface area contributed by atoms with Crippen LogP contribution in [0.15, 0.2) is 43.0 Å². The molecule has 0 radical (unpaired) electrons. The van der Waals surface area contributed by atoms with Crippen molar-refractivity contribution in [3.63, 3.8) is 0 Å². The Morgan fingerprint density at radius 2 is 2.00 bits per heavy atom. The van der Waals surface area contributed by atoms with E-state index in [9.17, 15) is 24.6 Å². The summed E-state index contributed by atoms with van der Waals surface area (Å²) in [5.74, 6) is -3.13. The van der Waals surface area contributed by atoms with Crippen molar-refractivity contribution >= 4 is 29.5 Å². The van der Waals surface area contributed by atoms with E-state index in [4.69, 9.17) is 4.74 Å². The average Bonchev–Trinajstić information content (AvgIpc) is 3.54. The molecule has 9 nitrogen and oxygen atoms in total. The second-order valence-corrected chi connectivity index (χ2v) is 12.7. The molecule has 2 bridgehead atoms. The zero-order chi connectivity index (χ0) is 27.7. The molecule has 4 aliphatic rings. The van der Waals surface area contributed by atoms with Gasteiger partial charge in [0.15, 0.2) is 0 Å². The third-order valence-corrected chi connectivity index (χ3v) is 11.1. The Kier molecular flexibility index (Phi) is 8.37. The number of aliphatic hydroxyl groups excluding tert-OH is 1. The number of ether oxygens (including phenoxy) is 1. The molecule has 1 spiro atoms. The summed E-state index contributed by atoms with van der Waals surface area (Å²) in [6, 6.07) is 8.11. The largest absolute Gasteiger partial charge is 0.481 e. The maximum absolute atomic E-state index is 14.6. The molecule has 10 heteroatoms. The second kappa shape index (κ2) is 11.6. The van der Waals surface area contributed by atoms with Gasteiger partial charge in [0.05, 0.1) is 42.4 Å². The fourth-order valence-corrected chi connectivity index (χ4v) is 9.65. The molecule has 4 saturated heterocycles. The van der Waals surface area contributed by atoms with Gasteiger partial charge in [-0.2, -0.15) is 0 Å². The molecule has 4 heterocycles. The van der Waals surface area contributed by atoms with Gasteiger partial charge >= 0.3 is 5.97 Å². The number of likely N-dealkylation sites (tertiary alicyclic amines) is 1. The van der Waals surface area contributed by atoms with E-state index in [1.54, 1.807) is 15.9 Å². The van der Waals surface area contributed by atoms with Gasteiger partial charge in [-0.3, -0.25) is 19.3 Å². The molecule has 212 valence electrons. The van der Waals surface area contributed by atoms with Gasteiger partial charge in [0, 0.05) is 38.0 Å². The van der Waals surface area contributed by atoms with Gasteiger partial charge in [-0.05, 0) is 24.3 Å². The minimum Gasteiger partial charge on any atom is -0.481 e. The molecule has 2 N–H and O–H groups in total. The van der Waals surface area contributed by atoms with Crippen molar-refractivity contribution in [2.45, 2.75) is 41.8 Å². The standard InChI is InChI=1S/C29H39N3O6S/c1-3-9-31(11-10-30-12-14-38-15-13-30)27(35)25-29-19(2)16-22(39-29)23(28(36)37)24(29)26(34)32(25)21(18-33)17-20-7-5-4-6-8-20/h3-8,19,21-25,33H,1,9-18H2,2H3,(H,36,37)/t19?,21-,22+,23-,24+,25?,29?/m1/s1. The minimum atomic E-state index is -0.980. The first-order chi connectivity index (χ1) is 18.8. The molecule has 0 saturated carbocycles. The maximum Gasteiger partial charge on any atom is 0.308 e. The molecule has 2 amide bonds. The summed E-state index contributed by atoms with van der Waals surface area (Å²) < 4.78 is 4.62. The quantitative estimate of drug-likeness (QED) is 0.393. The predicted molar refractivity (Wildman–Crippen MR) is 148 cm³/mol. The fourth-order valence-electron chi connectivity index (χ4n) is 7.26. The van der Waals surface area contributed by atoms with Crippen LogP contribution in [0.2, 0.25) is 0 Å². The number of aliphatic carboxylic acids is 1. The van der Waals surface area contributed by atoms with E-state index in [1.165, 1.54) is 11.8 Å². The molecule has 1 aromatic rings. The molecule has 4 fully saturated rings. The Bertz CT molecular complexity index is 1080. The molecule has 39 heavy (non-hydrogen) atoms. The van der Waals surface area contributed by atoms with E-state index < -0.39 is 34.6 Å². The summed E-state index contributed by atoms with van der Waals surface area (Å²) >= 11 is 1.53. The molecule has 0 aromatic heterocycles. The summed E-state index contributed by atoms with van der Waals surface area (Å²) in [7, 11) is 0. The zero-order valence-electron chi connectivity index (χ0n) is 22.5. The van der Waals surface area contributed by atoms with Crippen LogP contribution in [-0.2, 0) is 25.5 Å². The van der Waals surface area contributed by atoms with Crippen LogP contribution in [-0.4, -0.2) is 117 Å². The van der Waals surface area contributed by atoms with Gasteiger partial charge in [-0.25, -0.2) is 0 Å². The Balaban J connectivity index is 1.51. The molecule has 5 rings (SSSR count). The monoisotopic (exact) mass is 557 g/mol. The summed E-state index contributed by atoms with van der Waals surface area (Å²) in [6.07, 6.45) is 2.73. The molecule has 7 atom stereocenters. The Labute approximate surface area is 234 Å². The van der Waals surface area contributed by atoms with Crippen LogP contribution in [0.1, 0.15) is 18.9 Å². The van der Waals surface area contributed by atoms with Crippen molar-refractivity contribution in [2.24, 2.45) is 17.8 Å². The summed E-state index contributed by atoms with van der Waals surface area (Å²) in [4.78, 5) is 46.9. The lowest BCUT2D eigenvalue weighted by atomic mass is 9.66. The van der Waals surface area contributed by atoms with Gasteiger partial charge in [-0.15, -0.1) is 18.3 Å². The van der Waals surface area contributed by atoms with Crippen molar-refractivity contribution < 1.29 is 29.3 Å². The Morgan fingerprint density at radius 1 is 1.28 bits per heavy atom. The van der Waals surface area contributed by atoms with E-state index in [-0.39, 0.29) is 29.6 Å². The smallest absolute Gasteiger partial charge is 0.308 e. The van der Waals surface area contributed by atoms with Crippen molar-refractivity contribution in [1.82, 2.24) is 14.7 Å². The number of hydrogen-bond acceptors (Lipinski definition) is 7. The highest BCUT2D eigenvalue weighted by Gasteiger charge is 2.77. The highest BCUT2D eigenvalue weighted by atomic mass is 32.2. The lowest BCUT2D eigenvalue weighted by Gasteiger charge is -2.42. The first-order valence-electron chi connectivity index (χ1n) is 13.9. The lowest BCUT2D eigenvalue weighted by Crippen LogP contribution is -2.60. The number of thioether (sulfide) groups is 1. The van der Waals surface area contributed by atoms with Crippen LogP contribution < -0.4 is 0 Å². The van der Waals surface area contributed by atoms with Crippen molar-refractivity contribution in [2.75, 3.05) is 52.5 Å². The third-order valence-electron chi connectivity index (χ3n) is 9.07. The van der Waals surface area contributed by atoms with Crippen LogP contribution in [0.25, 0.3) is 0 Å². The van der Waals surface area contributed by atoms with Crippen LogP contribution in [0.4, 0.5) is 0 Å². The van der Waals surface area contributed by atoms with Gasteiger partial charge < -0.3 is 24.7 Å². The van der Waals surface area contributed by atoms with Crippen LogP contribution in [0, 0.1) is 17.8 Å². The number of morpholine rings is 1. The highest BCUT2D eigenvalue weighted by Crippen LogP contribution is 2.69. The zero-order valence-corrected chi connectivity index (χ0v) is 23.3. The van der Waals surface area contributed by atoms with E-state index in [2.05, 4.69) is 11.5 Å². The third kappa shape index (κ3) is 4.90. The topological polar surface area (TPSA) is 111 Å². The molecule has 1 aromatic carbocycles. The molecular weight excluding hydrogens is 518 g/mol. The highest BCUT2D eigenvalue weighted by molar-refractivity contribution is 8.02. The predicted octanol–water partition coefficient (Wildman–Crippen LogP) is 1.36. The first-order valence-corrected chi connectivity index (χ1v) is 14.8. The number of carboxylic acid groups (broad SMARTS) is 1. The molecular formula is C29H39N3O6S. The van der Waals surface area contributed by atoms with Gasteiger partial charge in [0.2, 0.25) is 11.8 Å². The number of hydrogen-bond donors (Lipinski definition) is 2. The fraction of sp³-hybridized carbons (Fsp3) is 0.621. The van der Waals surface area contributed by atoms with E-state index >= 15 is 0 Å². The van der Waals surface area contributed by atoms with Crippen LogP contribution >= 0.6 is 11.8 Å². The Hall–Kier alpha value is -2.40. The maximum atomic E-state index is 14.6. The summed E-state index contributed by atoms with van der Waals surface area (Å²) in [5, 5.41) is 20.6. The first kappa shape index (κ1) is 28.1. The van der Waals surface area contributed by atoms with E-state index in [0.717, 1.165) is 18.7 Å². The number of fused-ring (bicyclic) bond motifs is 1. The average molecular weight is 558 g/mol. The van der Waals surface area contributed by atoms with Crippen LogP contribution in [0.5, 0.6) is 0 Å². The molecule has 0 aliphatic carbocycles. The second-order valence-electron chi connectivity index (χ2n) is 11.2. The van der Waals surface area contributed by atoms with Crippen molar-refractivity contribution in [1.29, 1.82) is 0 Å². The number of rotatable bonds is 11. The number of amides is 2. The normalized spacial score (nSPS) is 32.7. The summed E-state index contributed by atoms with van der Waals surface area (Å²) in [5.41, 5.74) is 0.945. The Morgan fingerprint density at radius 3 is 2.64 bits per heavy atom. The number of benzene rings is 1. The lowest BCUT2D eigenvalue weighted by molar-refractivity contribution is -0.150. The number of carboxylic acids is 1. The SMILES string of the molecule is C=CCN(CCN1CCOCC1)C(=O)C1N([C@@H](CO)Cc2ccccc2)C(=O)[C@@H]2[C@H](C(=O)O)[C@@H]3CC(C)C12S3. The van der Waals surface area contributed by atoms with Crippen molar-refractivity contribution in [3.05, 3.63) is 48.6 Å². The van der Waals surface area contributed by atoms with E-state index in [0.29, 0.717) is 45.7 Å². The summed E-state index contributed by atoms with van der Waals surface area (Å²) in [6.45, 7) is 10.0. The van der Waals surface area contributed by atoms with Gasteiger partial charge in [0.25, 0.3) is 0 Å². The minimum absolute atomic E-state index is 0.0168. The number of carbonyl (C=O) groups is 3. The van der Waals surface area contributed by atoms with Gasteiger partial charge in [0.1, 0.15) is 6.04 Å². The molecule has 4 aliphatic heterocycles. The van der Waals surface area contributed by atoms with Crippen molar-refractivity contribution in [3.8, 4) is 0 Å².